The molecule has 4 saturated carbocycles. The predicted octanol–water partition coefficient (Wildman–Crippen LogP) is 11.5. The molecular formula is C47H37N3O. The minimum Gasteiger partial charge on any atom is -0.457 e. The van der Waals surface area contributed by atoms with E-state index < -0.39 is 0 Å². The standard InChI is InChI=1S/C47H37N3O/c1-2-9-33(10-3-1)44-48-45(50-46(49-44)37-19-16-31-8-4-5-11-35(31)27-37)34-17-14-32(15-18-34)36-20-21-43-41(28-36)47(40-12-6-7-13-42(40)51-43)38-23-29-22-30(25-38)26-39(47)24-29/h1-21,27-30,38-39H,22-26H2. The van der Waals surface area contributed by atoms with E-state index in [1.54, 1.807) is 0 Å². The first kappa shape index (κ1) is 29.2. The normalized spacial score (nSPS) is 23.9. The summed E-state index contributed by atoms with van der Waals surface area (Å²) >= 11 is 0. The van der Waals surface area contributed by atoms with Gasteiger partial charge in [-0.1, -0.05) is 115 Å². The van der Waals surface area contributed by atoms with Crippen LogP contribution in [0.1, 0.15) is 43.2 Å². The first-order valence-corrected chi connectivity index (χ1v) is 18.5. The monoisotopic (exact) mass is 659 g/mol. The van der Waals surface area contributed by atoms with Crippen LogP contribution in [-0.4, -0.2) is 15.0 Å². The maximum absolute atomic E-state index is 6.67. The molecule has 0 unspecified atom stereocenters. The van der Waals surface area contributed by atoms with Gasteiger partial charge in [0.25, 0.3) is 0 Å². The Bertz CT molecular complexity index is 2440. The van der Waals surface area contributed by atoms with Crippen LogP contribution in [0.3, 0.4) is 0 Å². The van der Waals surface area contributed by atoms with E-state index in [0.29, 0.717) is 29.3 Å². The molecule has 0 radical (unpaired) electrons. The SMILES string of the molecule is c1ccc(-c2nc(-c3ccc(-c4ccc5c(c4)C4(c6ccccc6O5)C5CC6CC(C5)CC4C6)cc3)nc(-c3ccc4ccccc4c3)n2)cc1. The van der Waals surface area contributed by atoms with E-state index in [1.807, 2.05) is 18.2 Å². The zero-order valence-corrected chi connectivity index (χ0v) is 28.4. The second-order valence-electron chi connectivity index (χ2n) is 15.3. The number of rotatable bonds is 4. The Hall–Kier alpha value is -5.61. The molecule has 2 heterocycles. The summed E-state index contributed by atoms with van der Waals surface area (Å²) in [6.45, 7) is 0. The zero-order valence-electron chi connectivity index (χ0n) is 28.4. The number of nitrogens with zero attached hydrogens (tertiary/aromatic N) is 3. The molecule has 1 spiro atoms. The highest BCUT2D eigenvalue weighted by Gasteiger charge is 2.61. The maximum Gasteiger partial charge on any atom is 0.164 e. The predicted molar refractivity (Wildman–Crippen MR) is 203 cm³/mol. The summed E-state index contributed by atoms with van der Waals surface area (Å²) < 4.78 is 6.67. The van der Waals surface area contributed by atoms with E-state index in [-0.39, 0.29) is 5.41 Å². The Kier molecular flexibility index (Phi) is 6.40. The lowest BCUT2D eigenvalue weighted by molar-refractivity contribution is -0.0452. The van der Waals surface area contributed by atoms with Gasteiger partial charge in [-0.25, -0.2) is 15.0 Å². The molecule has 4 heteroatoms. The minimum atomic E-state index is 0.0332. The van der Waals surface area contributed by atoms with Gasteiger partial charge in [-0.2, -0.15) is 0 Å². The maximum atomic E-state index is 6.67. The molecule has 6 aromatic carbocycles. The Morgan fingerprint density at radius 2 is 0.961 bits per heavy atom. The average molecular weight is 660 g/mol. The van der Waals surface area contributed by atoms with Crippen LogP contribution in [0.25, 0.3) is 56.1 Å². The van der Waals surface area contributed by atoms with Crippen LogP contribution in [0.2, 0.25) is 0 Å². The summed E-state index contributed by atoms with van der Waals surface area (Å²) in [5.74, 6) is 7.25. The molecular weight excluding hydrogens is 623 g/mol. The molecule has 0 N–H and O–H groups in total. The number of benzene rings is 6. The van der Waals surface area contributed by atoms with Crippen LogP contribution < -0.4 is 4.74 Å². The highest BCUT2D eigenvalue weighted by Crippen LogP contribution is 2.69. The second kappa shape index (κ2) is 11.2. The van der Waals surface area contributed by atoms with Crippen molar-refractivity contribution in [3.05, 3.63) is 151 Å². The third kappa shape index (κ3) is 4.55. The molecule has 51 heavy (non-hydrogen) atoms. The molecule has 0 atom stereocenters. The molecule has 4 fully saturated rings. The van der Waals surface area contributed by atoms with E-state index in [1.165, 1.54) is 59.7 Å². The number of ether oxygens (including phenoxy) is 1. The van der Waals surface area contributed by atoms with Gasteiger partial charge in [0.1, 0.15) is 11.5 Å². The van der Waals surface area contributed by atoms with Crippen LogP contribution in [0, 0.1) is 23.7 Å². The van der Waals surface area contributed by atoms with Crippen molar-refractivity contribution >= 4 is 10.8 Å². The van der Waals surface area contributed by atoms with Gasteiger partial charge in [0.05, 0.1) is 0 Å². The van der Waals surface area contributed by atoms with E-state index in [9.17, 15) is 0 Å². The van der Waals surface area contributed by atoms with Crippen molar-refractivity contribution in [1.82, 2.24) is 15.0 Å². The van der Waals surface area contributed by atoms with Crippen LogP contribution in [0.4, 0.5) is 0 Å². The van der Waals surface area contributed by atoms with E-state index >= 15 is 0 Å². The van der Waals surface area contributed by atoms with Gasteiger partial charge in [-0.3, -0.25) is 0 Å². The van der Waals surface area contributed by atoms with Crippen LogP contribution in [0.5, 0.6) is 11.5 Å². The largest absolute Gasteiger partial charge is 0.457 e. The smallest absolute Gasteiger partial charge is 0.164 e. The fourth-order valence-corrected chi connectivity index (χ4v) is 10.6. The number of aromatic nitrogens is 3. The van der Waals surface area contributed by atoms with Gasteiger partial charge in [0.2, 0.25) is 0 Å². The summed E-state index contributed by atoms with van der Waals surface area (Å²) in [5, 5.41) is 2.36. The number of fused-ring (bicyclic) bond motifs is 3. The lowest BCUT2D eigenvalue weighted by Crippen LogP contribution is -2.56. The molecule has 0 amide bonds. The lowest BCUT2D eigenvalue weighted by Gasteiger charge is -2.63. The van der Waals surface area contributed by atoms with Crippen molar-refractivity contribution in [3.8, 4) is 56.8 Å². The molecule has 4 bridgehead atoms. The van der Waals surface area contributed by atoms with E-state index in [2.05, 4.69) is 121 Å². The van der Waals surface area contributed by atoms with Gasteiger partial charge < -0.3 is 4.74 Å². The van der Waals surface area contributed by atoms with Crippen molar-refractivity contribution in [2.24, 2.45) is 23.7 Å². The highest BCUT2D eigenvalue weighted by molar-refractivity contribution is 5.86. The van der Waals surface area contributed by atoms with Gasteiger partial charge in [-0.05, 0) is 102 Å². The van der Waals surface area contributed by atoms with Crippen LogP contribution in [0.15, 0.2) is 140 Å². The van der Waals surface area contributed by atoms with Crippen molar-refractivity contribution < 1.29 is 4.74 Å². The lowest BCUT2D eigenvalue weighted by atomic mass is 9.41. The van der Waals surface area contributed by atoms with Gasteiger partial charge in [-0.15, -0.1) is 0 Å². The third-order valence-corrected chi connectivity index (χ3v) is 12.6. The Morgan fingerprint density at radius 1 is 0.412 bits per heavy atom. The first-order chi connectivity index (χ1) is 25.2. The Balaban J connectivity index is 0.995. The van der Waals surface area contributed by atoms with E-state index in [4.69, 9.17) is 19.7 Å². The number of hydrogen-bond donors (Lipinski definition) is 0. The molecule has 4 nitrogen and oxygen atoms in total. The molecule has 246 valence electrons. The summed E-state index contributed by atoms with van der Waals surface area (Å²) in [6.07, 6.45) is 6.82. The molecule has 5 aliphatic rings. The molecule has 0 saturated heterocycles. The van der Waals surface area contributed by atoms with Gasteiger partial charge in [0.15, 0.2) is 17.5 Å². The number of hydrogen-bond acceptors (Lipinski definition) is 4. The molecule has 7 aromatic rings. The Labute approximate surface area is 298 Å². The minimum absolute atomic E-state index is 0.0332. The van der Waals surface area contributed by atoms with Gasteiger partial charge in [0, 0.05) is 33.2 Å². The van der Waals surface area contributed by atoms with Crippen LogP contribution >= 0.6 is 0 Å². The van der Waals surface area contributed by atoms with E-state index in [0.717, 1.165) is 45.4 Å². The number of para-hydroxylation sites is 1. The van der Waals surface area contributed by atoms with Crippen molar-refractivity contribution in [2.45, 2.75) is 37.5 Å². The fraction of sp³-hybridized carbons (Fsp3) is 0.213. The summed E-state index contributed by atoms with van der Waals surface area (Å²) in [4.78, 5) is 15.0. The topological polar surface area (TPSA) is 47.9 Å². The highest BCUT2D eigenvalue weighted by atomic mass is 16.5. The fourth-order valence-electron chi connectivity index (χ4n) is 10.6. The van der Waals surface area contributed by atoms with Gasteiger partial charge >= 0.3 is 0 Å². The molecule has 1 aromatic heterocycles. The summed E-state index contributed by atoms with van der Waals surface area (Å²) in [6, 6.07) is 49.6. The molecule has 1 aliphatic heterocycles. The quantitative estimate of drug-likeness (QED) is 0.189. The molecule has 12 rings (SSSR count). The van der Waals surface area contributed by atoms with Crippen molar-refractivity contribution in [2.75, 3.05) is 0 Å². The summed E-state index contributed by atoms with van der Waals surface area (Å²) in [7, 11) is 0. The average Bonchev–Trinajstić information content (AvgIpc) is 3.19. The Morgan fingerprint density at radius 3 is 1.71 bits per heavy atom. The van der Waals surface area contributed by atoms with Crippen molar-refractivity contribution in [1.29, 1.82) is 0 Å². The zero-order chi connectivity index (χ0) is 33.5. The second-order valence-corrected chi connectivity index (χ2v) is 15.3. The molecule has 4 aliphatic carbocycles. The third-order valence-electron chi connectivity index (χ3n) is 12.6. The van der Waals surface area contributed by atoms with Crippen molar-refractivity contribution in [3.63, 3.8) is 0 Å². The summed E-state index contributed by atoms with van der Waals surface area (Å²) in [5.41, 5.74) is 8.19. The van der Waals surface area contributed by atoms with Crippen LogP contribution in [-0.2, 0) is 5.41 Å². The first-order valence-electron chi connectivity index (χ1n) is 18.5.